The SMILES string of the molecule is CCC1CN2CCCC2CN1CCCCC(C)C. The van der Waals surface area contributed by atoms with Crippen molar-refractivity contribution in [1.82, 2.24) is 9.80 Å². The summed E-state index contributed by atoms with van der Waals surface area (Å²) in [6, 6.07) is 1.72. The molecule has 0 aromatic heterocycles. The van der Waals surface area contributed by atoms with E-state index in [0.717, 1.165) is 18.0 Å². The van der Waals surface area contributed by atoms with E-state index < -0.39 is 0 Å². The van der Waals surface area contributed by atoms with Crippen LogP contribution in [0.1, 0.15) is 59.3 Å². The van der Waals surface area contributed by atoms with Crippen molar-refractivity contribution in [2.45, 2.75) is 71.4 Å². The van der Waals surface area contributed by atoms with Gasteiger partial charge in [0.25, 0.3) is 0 Å². The van der Waals surface area contributed by atoms with Gasteiger partial charge in [0.05, 0.1) is 0 Å². The summed E-state index contributed by atoms with van der Waals surface area (Å²) < 4.78 is 0. The van der Waals surface area contributed by atoms with Gasteiger partial charge >= 0.3 is 0 Å². The van der Waals surface area contributed by atoms with Gasteiger partial charge < -0.3 is 0 Å². The Balaban J connectivity index is 1.75. The van der Waals surface area contributed by atoms with Crippen LogP contribution in [-0.2, 0) is 0 Å². The molecule has 2 saturated heterocycles. The van der Waals surface area contributed by atoms with E-state index in [2.05, 4.69) is 30.6 Å². The quantitative estimate of drug-likeness (QED) is 0.669. The molecule has 2 aliphatic heterocycles. The van der Waals surface area contributed by atoms with Crippen molar-refractivity contribution in [3.05, 3.63) is 0 Å². The molecule has 0 saturated carbocycles. The standard InChI is InChI=1S/C16H32N2/c1-4-15-12-18-11-7-9-16(18)13-17(15)10-6-5-8-14(2)3/h14-16H,4-13H2,1-3H3. The summed E-state index contributed by atoms with van der Waals surface area (Å²) in [5, 5.41) is 0. The predicted octanol–water partition coefficient (Wildman–Crippen LogP) is 3.37. The van der Waals surface area contributed by atoms with Crippen molar-refractivity contribution in [3.63, 3.8) is 0 Å². The summed E-state index contributed by atoms with van der Waals surface area (Å²) in [6.07, 6.45) is 8.43. The lowest BCUT2D eigenvalue weighted by atomic mass is 10.0. The monoisotopic (exact) mass is 252 g/mol. The van der Waals surface area contributed by atoms with E-state index in [4.69, 9.17) is 0 Å². The van der Waals surface area contributed by atoms with Crippen LogP contribution in [0, 0.1) is 5.92 Å². The molecular formula is C16H32N2. The van der Waals surface area contributed by atoms with E-state index in [0.29, 0.717) is 0 Å². The molecule has 0 N–H and O–H groups in total. The first-order valence-electron chi connectivity index (χ1n) is 8.18. The third-order valence-corrected chi connectivity index (χ3v) is 4.85. The van der Waals surface area contributed by atoms with Crippen LogP contribution in [0.2, 0.25) is 0 Å². The Morgan fingerprint density at radius 3 is 2.72 bits per heavy atom. The van der Waals surface area contributed by atoms with Crippen LogP contribution in [0.4, 0.5) is 0 Å². The van der Waals surface area contributed by atoms with Gasteiger partial charge in [-0.25, -0.2) is 0 Å². The van der Waals surface area contributed by atoms with Gasteiger partial charge in [0.2, 0.25) is 0 Å². The number of unbranched alkanes of at least 4 members (excludes halogenated alkanes) is 1. The first-order valence-corrected chi connectivity index (χ1v) is 8.18. The maximum atomic E-state index is 2.80. The average molecular weight is 252 g/mol. The van der Waals surface area contributed by atoms with Crippen molar-refractivity contribution in [2.75, 3.05) is 26.2 Å². The molecule has 2 rings (SSSR count). The molecule has 0 amide bonds. The topological polar surface area (TPSA) is 6.48 Å². The van der Waals surface area contributed by atoms with Crippen LogP contribution in [-0.4, -0.2) is 48.1 Å². The highest BCUT2D eigenvalue weighted by Crippen LogP contribution is 2.26. The molecular weight excluding hydrogens is 220 g/mol. The summed E-state index contributed by atoms with van der Waals surface area (Å²) in [4.78, 5) is 5.55. The normalized spacial score (nSPS) is 30.0. The first-order chi connectivity index (χ1) is 8.70. The molecule has 2 fully saturated rings. The predicted molar refractivity (Wildman–Crippen MR) is 78.9 cm³/mol. The van der Waals surface area contributed by atoms with Gasteiger partial charge in [0, 0.05) is 25.2 Å². The molecule has 18 heavy (non-hydrogen) atoms. The first kappa shape index (κ1) is 14.3. The van der Waals surface area contributed by atoms with Crippen molar-refractivity contribution >= 4 is 0 Å². The highest BCUT2D eigenvalue weighted by molar-refractivity contribution is 4.91. The van der Waals surface area contributed by atoms with Gasteiger partial charge in [0.1, 0.15) is 0 Å². The fourth-order valence-electron chi connectivity index (χ4n) is 3.68. The van der Waals surface area contributed by atoms with Gasteiger partial charge in [-0.3, -0.25) is 9.80 Å². The maximum Gasteiger partial charge on any atom is 0.0224 e. The van der Waals surface area contributed by atoms with E-state index in [9.17, 15) is 0 Å². The van der Waals surface area contributed by atoms with Crippen molar-refractivity contribution in [3.8, 4) is 0 Å². The number of rotatable bonds is 6. The van der Waals surface area contributed by atoms with E-state index in [1.165, 1.54) is 64.7 Å². The molecule has 2 atom stereocenters. The average Bonchev–Trinajstić information content (AvgIpc) is 2.80. The lowest BCUT2D eigenvalue weighted by Gasteiger charge is -2.43. The molecule has 2 heteroatoms. The molecule has 2 heterocycles. The molecule has 0 radical (unpaired) electrons. The zero-order valence-electron chi connectivity index (χ0n) is 12.7. The maximum absolute atomic E-state index is 2.80. The third-order valence-electron chi connectivity index (χ3n) is 4.85. The molecule has 2 nitrogen and oxygen atoms in total. The Bertz CT molecular complexity index is 239. The Kier molecular flexibility index (Phi) is 5.50. The minimum Gasteiger partial charge on any atom is -0.298 e. The van der Waals surface area contributed by atoms with Gasteiger partial charge in [-0.05, 0) is 44.7 Å². The van der Waals surface area contributed by atoms with Crippen molar-refractivity contribution < 1.29 is 0 Å². The molecule has 106 valence electrons. The molecule has 0 aromatic carbocycles. The summed E-state index contributed by atoms with van der Waals surface area (Å²) in [5.41, 5.74) is 0. The van der Waals surface area contributed by atoms with Gasteiger partial charge in [0.15, 0.2) is 0 Å². The Hall–Kier alpha value is -0.0800. The summed E-state index contributed by atoms with van der Waals surface area (Å²) in [6.45, 7) is 12.4. The molecule has 0 aliphatic carbocycles. The molecule has 0 spiro atoms. The van der Waals surface area contributed by atoms with Crippen LogP contribution in [0.25, 0.3) is 0 Å². The van der Waals surface area contributed by atoms with E-state index in [-0.39, 0.29) is 0 Å². The molecule has 2 aliphatic rings. The lowest BCUT2D eigenvalue weighted by Crippen LogP contribution is -2.55. The molecule has 0 aromatic rings. The number of hydrogen-bond donors (Lipinski definition) is 0. The van der Waals surface area contributed by atoms with Crippen molar-refractivity contribution in [1.29, 1.82) is 0 Å². The Morgan fingerprint density at radius 1 is 1.17 bits per heavy atom. The summed E-state index contributed by atoms with van der Waals surface area (Å²) in [5.74, 6) is 0.874. The van der Waals surface area contributed by atoms with Crippen LogP contribution in [0.5, 0.6) is 0 Å². The highest BCUT2D eigenvalue weighted by atomic mass is 15.3. The molecule has 2 unspecified atom stereocenters. The van der Waals surface area contributed by atoms with Gasteiger partial charge in [-0.15, -0.1) is 0 Å². The Labute approximate surface area is 114 Å². The zero-order chi connectivity index (χ0) is 13.0. The second kappa shape index (κ2) is 6.91. The minimum atomic E-state index is 0.832. The second-order valence-corrected chi connectivity index (χ2v) is 6.74. The smallest absolute Gasteiger partial charge is 0.0224 e. The number of piperazine rings is 1. The fourth-order valence-corrected chi connectivity index (χ4v) is 3.68. The van der Waals surface area contributed by atoms with Crippen LogP contribution in [0.3, 0.4) is 0 Å². The molecule has 0 bridgehead atoms. The fraction of sp³-hybridized carbons (Fsp3) is 1.00. The van der Waals surface area contributed by atoms with Crippen LogP contribution >= 0.6 is 0 Å². The third kappa shape index (κ3) is 3.71. The van der Waals surface area contributed by atoms with Gasteiger partial charge in [-0.2, -0.15) is 0 Å². The number of nitrogens with zero attached hydrogens (tertiary/aromatic N) is 2. The summed E-state index contributed by atoms with van der Waals surface area (Å²) in [7, 11) is 0. The largest absolute Gasteiger partial charge is 0.298 e. The zero-order valence-corrected chi connectivity index (χ0v) is 12.7. The van der Waals surface area contributed by atoms with Crippen molar-refractivity contribution in [2.24, 2.45) is 5.92 Å². The van der Waals surface area contributed by atoms with Crippen LogP contribution in [0.15, 0.2) is 0 Å². The Morgan fingerprint density at radius 2 is 2.00 bits per heavy atom. The minimum absolute atomic E-state index is 0.832. The van der Waals surface area contributed by atoms with E-state index in [1.54, 1.807) is 0 Å². The van der Waals surface area contributed by atoms with E-state index >= 15 is 0 Å². The second-order valence-electron chi connectivity index (χ2n) is 6.74. The van der Waals surface area contributed by atoms with Gasteiger partial charge in [-0.1, -0.05) is 33.6 Å². The lowest BCUT2D eigenvalue weighted by molar-refractivity contribution is 0.0479. The van der Waals surface area contributed by atoms with Crippen LogP contribution < -0.4 is 0 Å². The van der Waals surface area contributed by atoms with E-state index in [1.807, 2.05) is 0 Å². The summed E-state index contributed by atoms with van der Waals surface area (Å²) >= 11 is 0. The number of hydrogen-bond acceptors (Lipinski definition) is 2. The highest BCUT2D eigenvalue weighted by Gasteiger charge is 2.34. The number of fused-ring (bicyclic) bond motifs is 1.